The largest absolute Gasteiger partial charge is 1.00 e. The van der Waals surface area contributed by atoms with Gasteiger partial charge in [0, 0.05) is 5.97 Å². The summed E-state index contributed by atoms with van der Waals surface area (Å²) in [5, 5.41) is 20.2. The fourth-order valence-electron chi connectivity index (χ4n) is 0.581. The number of carboxylic acids is 2. The van der Waals surface area contributed by atoms with Gasteiger partial charge in [-0.25, -0.2) is 0 Å². The third kappa shape index (κ3) is 10.2. The Kier molecular flexibility index (Phi) is 14.7. The van der Waals surface area contributed by atoms with E-state index in [9.17, 15) is 19.8 Å². The van der Waals surface area contributed by atoms with Crippen molar-refractivity contribution in [3.63, 3.8) is 0 Å². The molecule has 0 spiro atoms. The molecule has 0 aromatic carbocycles. The van der Waals surface area contributed by atoms with Crippen molar-refractivity contribution in [1.29, 1.82) is 0 Å². The van der Waals surface area contributed by atoms with Gasteiger partial charge in [0.05, 0.1) is 10.0 Å². The van der Waals surface area contributed by atoms with E-state index >= 15 is 0 Å². The van der Waals surface area contributed by atoms with E-state index in [2.05, 4.69) is 25.3 Å². The normalized spacial score (nSPS) is 9.57. The molecule has 0 aliphatic heterocycles. The molecule has 14 heavy (non-hydrogen) atoms. The van der Waals surface area contributed by atoms with E-state index in [1.807, 2.05) is 0 Å². The Balaban J connectivity index is -0.000000605. The third-order valence-electron chi connectivity index (χ3n) is 1.23. The minimum absolute atomic E-state index is 0. The van der Waals surface area contributed by atoms with Gasteiger partial charge in [0.1, 0.15) is 0 Å². The van der Waals surface area contributed by atoms with E-state index in [1.165, 1.54) is 0 Å². The van der Waals surface area contributed by atoms with E-state index < -0.39 is 16.0 Å². The van der Waals surface area contributed by atoms with Crippen LogP contribution in [0.15, 0.2) is 0 Å². The molecular formula is C6H8Na2O4S2. The Bertz CT molecular complexity index is 198. The molecule has 0 saturated carbocycles. The summed E-state index contributed by atoms with van der Waals surface area (Å²) in [5.41, 5.74) is 0. The maximum atomic E-state index is 10.3. The molecule has 0 unspecified atom stereocenters. The van der Waals surface area contributed by atoms with Gasteiger partial charge in [-0.1, -0.05) is 0 Å². The van der Waals surface area contributed by atoms with Crippen molar-refractivity contribution < 1.29 is 78.9 Å². The summed E-state index contributed by atoms with van der Waals surface area (Å²) in [5.74, 6) is -2.64. The summed E-state index contributed by atoms with van der Waals surface area (Å²) in [6.45, 7) is 0. The number of carbonyl (C=O) groups is 2. The van der Waals surface area contributed by atoms with Crippen LogP contribution in [0.3, 0.4) is 0 Å². The molecule has 0 aliphatic rings. The number of hydrogen-bond donors (Lipinski definition) is 2. The molecule has 0 saturated heterocycles. The predicted molar refractivity (Wildman–Crippen MR) is 44.6 cm³/mol. The quantitative estimate of drug-likeness (QED) is 0.290. The molecule has 70 valence electrons. The molecule has 0 aromatic heterocycles. The molecule has 4 nitrogen and oxygen atoms in total. The van der Waals surface area contributed by atoms with Gasteiger partial charge in [-0.2, -0.15) is 25.3 Å². The minimum atomic E-state index is -1.56. The van der Waals surface area contributed by atoms with Crippen molar-refractivity contribution in [2.45, 2.75) is 23.3 Å². The summed E-state index contributed by atoms with van der Waals surface area (Å²) >= 11 is 7.35. The first-order chi connectivity index (χ1) is 5.36. The summed E-state index contributed by atoms with van der Waals surface area (Å²) in [6, 6.07) is 0. The molecule has 0 fully saturated rings. The summed E-state index contributed by atoms with van der Waals surface area (Å²) in [6.07, 6.45) is -0.0189. The molecule has 0 aromatic rings. The van der Waals surface area contributed by atoms with Crippen LogP contribution in [0.5, 0.6) is 0 Å². The number of hydrogen-bond acceptors (Lipinski definition) is 6. The number of aliphatic carboxylic acids is 2. The smallest absolute Gasteiger partial charge is 0.550 e. The van der Waals surface area contributed by atoms with E-state index in [1.54, 1.807) is 0 Å². The molecule has 0 N–H and O–H groups in total. The number of thiol groups is 2. The molecule has 0 atom stereocenters. The molecule has 0 amide bonds. The molecule has 0 rings (SSSR count). The first-order valence-corrected chi connectivity index (χ1v) is 4.12. The second-order valence-corrected chi connectivity index (χ2v) is 4.21. The van der Waals surface area contributed by atoms with Crippen LogP contribution >= 0.6 is 25.3 Å². The van der Waals surface area contributed by atoms with Crippen molar-refractivity contribution in [1.82, 2.24) is 0 Å². The molecule has 0 bridgehead atoms. The van der Waals surface area contributed by atoms with Crippen LogP contribution in [0.4, 0.5) is 0 Å². The zero-order valence-electron chi connectivity index (χ0n) is 8.15. The molecule has 0 heterocycles. The van der Waals surface area contributed by atoms with Crippen molar-refractivity contribution in [2.75, 3.05) is 0 Å². The van der Waals surface area contributed by atoms with E-state index in [4.69, 9.17) is 0 Å². The van der Waals surface area contributed by atoms with Crippen LogP contribution in [0, 0.1) is 0 Å². The molecule has 0 radical (unpaired) electrons. The van der Waals surface area contributed by atoms with Gasteiger partial charge < -0.3 is 19.8 Å². The summed E-state index contributed by atoms with van der Waals surface area (Å²) in [7, 11) is 0. The fourth-order valence-corrected chi connectivity index (χ4v) is 0.898. The number of carbonyl (C=O) groups excluding carboxylic acids is 2. The Morgan fingerprint density at radius 1 is 1.14 bits per heavy atom. The molecule has 0 aliphatic carbocycles. The van der Waals surface area contributed by atoms with Crippen molar-refractivity contribution in [2.24, 2.45) is 0 Å². The SMILES string of the molecule is O=C([O-])CCCC(S)(S)C(=O)[O-].[Na+].[Na+]. The van der Waals surface area contributed by atoms with E-state index in [0.29, 0.717) is 0 Å². The van der Waals surface area contributed by atoms with Gasteiger partial charge in [-0.3, -0.25) is 0 Å². The first-order valence-electron chi connectivity index (χ1n) is 3.22. The maximum Gasteiger partial charge on any atom is 1.00 e. The monoisotopic (exact) mass is 254 g/mol. The fraction of sp³-hybridized carbons (Fsp3) is 0.667. The zero-order valence-corrected chi connectivity index (χ0v) is 13.9. The van der Waals surface area contributed by atoms with E-state index in [-0.39, 0.29) is 78.4 Å². The molecular weight excluding hydrogens is 246 g/mol. The zero-order chi connectivity index (χ0) is 9.78. The van der Waals surface area contributed by atoms with E-state index in [0.717, 1.165) is 0 Å². The predicted octanol–water partition coefficient (Wildman–Crippen LogP) is -7.78. The van der Waals surface area contributed by atoms with Gasteiger partial charge in [-0.05, 0) is 19.3 Å². The average molecular weight is 254 g/mol. The van der Waals surface area contributed by atoms with Crippen molar-refractivity contribution >= 4 is 37.2 Å². The van der Waals surface area contributed by atoms with Crippen molar-refractivity contribution in [3.8, 4) is 0 Å². The summed E-state index contributed by atoms with van der Waals surface area (Å²) in [4.78, 5) is 20.2. The van der Waals surface area contributed by atoms with Crippen LogP contribution in [0.25, 0.3) is 0 Å². The van der Waals surface area contributed by atoms with Crippen LogP contribution in [0.1, 0.15) is 19.3 Å². The Morgan fingerprint density at radius 2 is 1.57 bits per heavy atom. The molecule has 8 heteroatoms. The van der Waals surface area contributed by atoms with Crippen molar-refractivity contribution in [3.05, 3.63) is 0 Å². The van der Waals surface area contributed by atoms with Gasteiger partial charge in [0.25, 0.3) is 0 Å². The van der Waals surface area contributed by atoms with Crippen LogP contribution in [-0.4, -0.2) is 16.0 Å². The number of rotatable bonds is 5. The van der Waals surface area contributed by atoms with Crippen LogP contribution in [-0.2, 0) is 9.59 Å². The van der Waals surface area contributed by atoms with Crippen LogP contribution < -0.4 is 69.3 Å². The summed E-state index contributed by atoms with van der Waals surface area (Å²) < 4.78 is -1.56. The third-order valence-corrected chi connectivity index (χ3v) is 2.05. The topological polar surface area (TPSA) is 80.3 Å². The Hall–Kier alpha value is 1.64. The van der Waals surface area contributed by atoms with Gasteiger partial charge in [-0.15, -0.1) is 0 Å². The second-order valence-electron chi connectivity index (χ2n) is 2.33. The van der Waals surface area contributed by atoms with Gasteiger partial charge in [0.15, 0.2) is 0 Å². The van der Waals surface area contributed by atoms with Crippen LogP contribution in [0.2, 0.25) is 0 Å². The average Bonchev–Trinajstić information content (AvgIpc) is 1.85. The van der Waals surface area contributed by atoms with Gasteiger partial charge in [0.2, 0.25) is 0 Å². The second kappa shape index (κ2) is 9.84. The first kappa shape index (κ1) is 21.0. The Labute approximate surface area is 138 Å². The Morgan fingerprint density at radius 3 is 1.86 bits per heavy atom. The number of carboxylic acid groups (broad SMARTS) is 2. The minimum Gasteiger partial charge on any atom is -0.550 e. The maximum absolute atomic E-state index is 10.3. The standard InChI is InChI=1S/C6H10O4S2.2Na/c7-4(8)2-1-3-6(11,12)5(9)10;;/h11-12H,1-3H2,(H,7,8)(H,9,10);;/q;2*+1/p-2. The van der Waals surface area contributed by atoms with Gasteiger partial charge >= 0.3 is 59.1 Å².